The summed E-state index contributed by atoms with van der Waals surface area (Å²) < 4.78 is 9.47. The van der Waals surface area contributed by atoms with Crippen molar-refractivity contribution in [3.05, 3.63) is 23.5 Å². The number of aryl methyl sites for hydroxylation is 1. The van der Waals surface area contributed by atoms with Gasteiger partial charge < -0.3 is 14.6 Å². The van der Waals surface area contributed by atoms with Crippen LogP contribution in [0, 0.1) is 0 Å². The van der Waals surface area contributed by atoms with E-state index in [1.807, 2.05) is 10.9 Å². The van der Waals surface area contributed by atoms with Crippen LogP contribution in [0.3, 0.4) is 0 Å². The highest BCUT2D eigenvalue weighted by Crippen LogP contribution is 2.39. The molecule has 0 bridgehead atoms. The molecule has 3 atom stereocenters. The molecule has 3 aliphatic heterocycles. The molecule has 8 nitrogen and oxygen atoms in total. The highest BCUT2D eigenvalue weighted by Gasteiger charge is 2.33. The van der Waals surface area contributed by atoms with E-state index in [-0.39, 0.29) is 23.4 Å². The number of carbonyl (C=O) groups is 1. The molecule has 1 aromatic heterocycles. The van der Waals surface area contributed by atoms with Crippen molar-refractivity contribution in [3.63, 3.8) is 0 Å². The van der Waals surface area contributed by atoms with Crippen molar-refractivity contribution in [3.8, 4) is 0 Å². The predicted octanol–water partition coefficient (Wildman–Crippen LogP) is 3.66. The number of hydrazone groups is 1. The summed E-state index contributed by atoms with van der Waals surface area (Å²) in [4.78, 5) is 19.6. The van der Waals surface area contributed by atoms with Crippen molar-refractivity contribution in [1.29, 1.82) is 0 Å². The van der Waals surface area contributed by atoms with Crippen LogP contribution in [0.25, 0.3) is 11.0 Å². The van der Waals surface area contributed by atoms with Gasteiger partial charge in [-0.15, -0.1) is 11.6 Å². The van der Waals surface area contributed by atoms with Crippen molar-refractivity contribution in [2.24, 2.45) is 5.10 Å². The number of hydrogen-bond donors (Lipinski definition) is 1. The lowest BCUT2D eigenvalue weighted by Crippen LogP contribution is -2.42. The van der Waals surface area contributed by atoms with Crippen LogP contribution >= 0.6 is 11.6 Å². The van der Waals surface area contributed by atoms with Gasteiger partial charge in [0, 0.05) is 17.6 Å². The largest absolute Gasteiger partial charge is 0.452 e. The molecule has 176 valence electrons. The molecule has 1 amide bonds. The molecule has 3 aliphatic rings. The number of methoxy groups -OCH3 is 1. The highest BCUT2D eigenvalue weighted by atomic mass is 35.5. The van der Waals surface area contributed by atoms with E-state index in [1.165, 1.54) is 7.11 Å². The minimum absolute atomic E-state index is 0.0966. The number of nitrogens with one attached hydrogen (secondary N) is 1. The van der Waals surface area contributed by atoms with Crippen molar-refractivity contribution < 1.29 is 14.2 Å². The number of imidazole rings is 1. The Balaban J connectivity index is 1.62. The number of piperidine rings is 1. The number of halogens is 1. The number of benzene rings is 1. The molecule has 9 heteroatoms. The van der Waals surface area contributed by atoms with Gasteiger partial charge in [-0.1, -0.05) is 4.68 Å². The number of rotatable bonds is 4. The van der Waals surface area contributed by atoms with E-state index in [0.29, 0.717) is 6.04 Å². The Kier molecular flexibility index (Phi) is 6.14. The minimum Gasteiger partial charge on any atom is -0.452 e. The summed E-state index contributed by atoms with van der Waals surface area (Å²) in [5, 5.41) is 7.74. The van der Waals surface area contributed by atoms with Gasteiger partial charge in [-0.2, -0.15) is 0 Å². The van der Waals surface area contributed by atoms with E-state index in [0.717, 1.165) is 73.4 Å². The standard InChI is InChI=1S/C24H32ClN6O2/c1-15(13-29-14-17(25)12-27-29)23-28-22-19-5-4-16(2)30(24(32)33-3)20(19)6-7-21(22)31(23)18-8-10-26-11-9-18/h6-7,12,14-18,26H,4-5,8-11,13H2,1-3H3/q+1/t15?,16-,17?/m0/s1. The Labute approximate surface area is 199 Å². The second-order valence-electron chi connectivity index (χ2n) is 9.36. The number of aromatic nitrogens is 2. The SMILES string of the molecule is COC(=O)N1c2ccc3c(nc(C(C)C[N+]4=CC(Cl)C=N4)n3C3CCNCC3)c2CC[C@@H]1C. The Hall–Kier alpha value is -2.45. The molecule has 33 heavy (non-hydrogen) atoms. The molecular weight excluding hydrogens is 440 g/mol. The van der Waals surface area contributed by atoms with Gasteiger partial charge in [0.15, 0.2) is 18.1 Å². The first-order valence-corrected chi connectivity index (χ1v) is 12.3. The Morgan fingerprint density at radius 3 is 2.82 bits per heavy atom. The average molecular weight is 472 g/mol. The van der Waals surface area contributed by atoms with Crippen LogP contribution in [0.4, 0.5) is 10.5 Å². The lowest BCUT2D eigenvalue weighted by atomic mass is 9.95. The fraction of sp³-hybridized carbons (Fsp3) is 0.583. The number of anilines is 1. The van der Waals surface area contributed by atoms with Gasteiger partial charge in [0.25, 0.3) is 0 Å². The van der Waals surface area contributed by atoms with Crippen molar-refractivity contribution in [1.82, 2.24) is 14.9 Å². The topological polar surface area (TPSA) is 74.8 Å². The Morgan fingerprint density at radius 1 is 1.33 bits per heavy atom. The van der Waals surface area contributed by atoms with Gasteiger partial charge in [0.1, 0.15) is 5.82 Å². The van der Waals surface area contributed by atoms with Gasteiger partial charge in [-0.3, -0.25) is 4.90 Å². The zero-order valence-corrected chi connectivity index (χ0v) is 20.3. The molecule has 0 aliphatic carbocycles. The molecule has 2 unspecified atom stereocenters. The number of nitrogens with zero attached hydrogens (tertiary/aromatic N) is 5. The zero-order chi connectivity index (χ0) is 23.1. The fourth-order valence-corrected chi connectivity index (χ4v) is 5.63. The van der Waals surface area contributed by atoms with Crippen LogP contribution in [0.15, 0.2) is 17.2 Å². The Bertz CT molecular complexity index is 1120. The van der Waals surface area contributed by atoms with Gasteiger partial charge in [0.2, 0.25) is 0 Å². The van der Waals surface area contributed by atoms with Crippen LogP contribution in [0.1, 0.15) is 56.5 Å². The number of fused-ring (bicyclic) bond motifs is 3. The molecule has 1 fully saturated rings. The first-order valence-electron chi connectivity index (χ1n) is 11.9. The monoisotopic (exact) mass is 471 g/mol. The van der Waals surface area contributed by atoms with Gasteiger partial charge >= 0.3 is 6.09 Å². The van der Waals surface area contributed by atoms with Crippen LogP contribution in [0.5, 0.6) is 0 Å². The average Bonchev–Trinajstić information content (AvgIpc) is 3.42. The summed E-state index contributed by atoms with van der Waals surface area (Å²) in [7, 11) is 1.44. The first kappa shape index (κ1) is 22.3. The number of carbonyl (C=O) groups excluding carboxylic acids is 1. The normalized spacial score (nSPS) is 24.1. The minimum atomic E-state index is -0.313. The molecular formula is C24H32ClN6O2+. The van der Waals surface area contributed by atoms with Crippen molar-refractivity contribution in [2.75, 3.05) is 31.6 Å². The third kappa shape index (κ3) is 4.04. The summed E-state index contributed by atoms with van der Waals surface area (Å²) in [6.45, 7) is 7.02. The first-order chi connectivity index (χ1) is 16.0. The summed E-state index contributed by atoms with van der Waals surface area (Å²) in [5.41, 5.74) is 4.23. The predicted molar refractivity (Wildman–Crippen MR) is 131 cm³/mol. The fourth-order valence-electron chi connectivity index (χ4n) is 5.45. The molecule has 0 saturated carbocycles. The van der Waals surface area contributed by atoms with Crippen LogP contribution in [-0.4, -0.2) is 70.9 Å². The number of amides is 1. The second kappa shape index (κ2) is 9.06. The number of alkyl halides is 1. The van der Waals surface area contributed by atoms with E-state index in [2.05, 4.69) is 41.0 Å². The van der Waals surface area contributed by atoms with Crippen molar-refractivity contribution >= 4 is 46.8 Å². The molecule has 0 radical (unpaired) electrons. The van der Waals surface area contributed by atoms with E-state index >= 15 is 0 Å². The van der Waals surface area contributed by atoms with Crippen LogP contribution < -0.4 is 10.2 Å². The molecule has 4 heterocycles. The third-order valence-corrected chi connectivity index (χ3v) is 7.33. The van der Waals surface area contributed by atoms with E-state index in [4.69, 9.17) is 21.3 Å². The van der Waals surface area contributed by atoms with E-state index < -0.39 is 0 Å². The quantitative estimate of drug-likeness (QED) is 0.545. The Morgan fingerprint density at radius 2 is 2.12 bits per heavy atom. The second-order valence-corrected chi connectivity index (χ2v) is 9.86. The summed E-state index contributed by atoms with van der Waals surface area (Å²) in [6, 6.07) is 4.72. The summed E-state index contributed by atoms with van der Waals surface area (Å²) >= 11 is 6.18. The van der Waals surface area contributed by atoms with Gasteiger partial charge in [-0.05, 0) is 69.9 Å². The maximum atomic E-state index is 12.6. The van der Waals surface area contributed by atoms with Gasteiger partial charge in [0.05, 0.1) is 36.0 Å². The maximum Gasteiger partial charge on any atom is 0.414 e. The summed E-state index contributed by atoms with van der Waals surface area (Å²) in [5.74, 6) is 1.24. The molecule has 1 saturated heterocycles. The zero-order valence-electron chi connectivity index (χ0n) is 19.5. The van der Waals surface area contributed by atoms with E-state index in [9.17, 15) is 4.79 Å². The van der Waals surface area contributed by atoms with Crippen molar-refractivity contribution in [2.45, 2.75) is 62.9 Å². The van der Waals surface area contributed by atoms with Gasteiger partial charge in [-0.25, -0.2) is 9.78 Å². The molecule has 5 rings (SSSR count). The molecule has 2 aromatic rings. The highest BCUT2D eigenvalue weighted by molar-refractivity contribution is 6.36. The summed E-state index contributed by atoms with van der Waals surface area (Å²) in [6.07, 6.45) is 7.32. The molecule has 1 N–H and O–H groups in total. The smallest absolute Gasteiger partial charge is 0.414 e. The molecule has 1 aromatic carbocycles. The van der Waals surface area contributed by atoms with Crippen LogP contribution in [0.2, 0.25) is 0 Å². The molecule has 0 spiro atoms. The number of hydrogen-bond acceptors (Lipinski definition) is 5. The third-order valence-electron chi connectivity index (χ3n) is 7.10. The lowest BCUT2D eigenvalue weighted by Gasteiger charge is -2.34. The van der Waals surface area contributed by atoms with Crippen LogP contribution in [-0.2, 0) is 11.2 Å². The maximum absolute atomic E-state index is 12.6. The lowest BCUT2D eigenvalue weighted by molar-refractivity contribution is -0.528. The number of ether oxygens (including phenoxy) is 1. The van der Waals surface area contributed by atoms with E-state index in [1.54, 1.807) is 11.1 Å².